The van der Waals surface area contributed by atoms with Crippen molar-refractivity contribution in [3.05, 3.63) is 58.5 Å². The summed E-state index contributed by atoms with van der Waals surface area (Å²) in [5.74, 6) is 0.700. The zero-order chi connectivity index (χ0) is 16.2. The van der Waals surface area contributed by atoms with E-state index in [0.29, 0.717) is 21.6 Å². The molecule has 1 N–H and O–H groups in total. The van der Waals surface area contributed by atoms with E-state index in [4.69, 9.17) is 27.9 Å². The van der Waals surface area contributed by atoms with E-state index in [1.54, 1.807) is 22.6 Å². The van der Waals surface area contributed by atoms with E-state index in [0.717, 1.165) is 5.65 Å². The lowest BCUT2D eigenvalue weighted by Gasteiger charge is -2.08. The fourth-order valence-corrected chi connectivity index (χ4v) is 2.31. The third kappa shape index (κ3) is 3.72. The molecule has 0 saturated carbocycles. The smallest absolute Gasteiger partial charge is 0.258 e. The Morgan fingerprint density at radius 2 is 2.09 bits per heavy atom. The predicted molar refractivity (Wildman–Crippen MR) is 86.8 cm³/mol. The van der Waals surface area contributed by atoms with E-state index in [2.05, 4.69) is 15.5 Å². The summed E-state index contributed by atoms with van der Waals surface area (Å²) in [6, 6.07) is 10.4. The number of nitrogens with zero attached hydrogens (tertiary/aromatic N) is 3. The van der Waals surface area contributed by atoms with Crippen LogP contribution in [0.4, 0.5) is 0 Å². The van der Waals surface area contributed by atoms with Crippen molar-refractivity contribution in [1.82, 2.24) is 19.9 Å². The second-order valence-electron chi connectivity index (χ2n) is 4.69. The lowest BCUT2D eigenvalue weighted by Crippen LogP contribution is -2.29. The van der Waals surface area contributed by atoms with Gasteiger partial charge in [0.25, 0.3) is 5.91 Å². The molecule has 0 fully saturated rings. The second-order valence-corrected chi connectivity index (χ2v) is 5.53. The Bertz CT molecular complexity index is 850. The molecule has 2 aromatic heterocycles. The highest BCUT2D eigenvalue weighted by Gasteiger charge is 2.09. The number of amides is 1. The first kappa shape index (κ1) is 15.6. The van der Waals surface area contributed by atoms with Gasteiger partial charge in [-0.15, -0.1) is 10.2 Å². The SMILES string of the molecule is O=C(COc1cc(Cl)ccc1Cl)NCc1nnc2ccccn12. The summed E-state index contributed by atoms with van der Waals surface area (Å²) < 4.78 is 7.17. The van der Waals surface area contributed by atoms with Gasteiger partial charge in [-0.3, -0.25) is 9.20 Å². The van der Waals surface area contributed by atoms with E-state index in [-0.39, 0.29) is 19.1 Å². The highest BCUT2D eigenvalue weighted by molar-refractivity contribution is 6.34. The van der Waals surface area contributed by atoms with Crippen LogP contribution in [0.5, 0.6) is 5.75 Å². The average molecular weight is 351 g/mol. The molecule has 0 unspecified atom stereocenters. The molecule has 0 radical (unpaired) electrons. The molecular formula is C15H12Cl2N4O2. The molecule has 0 saturated heterocycles. The molecule has 3 rings (SSSR count). The number of hydrogen-bond acceptors (Lipinski definition) is 4. The summed E-state index contributed by atoms with van der Waals surface area (Å²) in [5, 5.41) is 11.6. The lowest BCUT2D eigenvalue weighted by molar-refractivity contribution is -0.123. The van der Waals surface area contributed by atoms with Crippen LogP contribution in [0, 0.1) is 0 Å². The summed E-state index contributed by atoms with van der Waals surface area (Å²) in [6.07, 6.45) is 1.83. The molecule has 1 amide bonds. The minimum absolute atomic E-state index is 0.170. The number of benzene rings is 1. The highest BCUT2D eigenvalue weighted by Crippen LogP contribution is 2.27. The standard InChI is InChI=1S/C15H12Cl2N4O2/c16-10-4-5-11(17)12(7-10)23-9-15(22)18-8-14-20-19-13-3-1-2-6-21(13)14/h1-7H,8-9H2,(H,18,22). The van der Waals surface area contributed by atoms with Crippen LogP contribution < -0.4 is 10.1 Å². The maximum absolute atomic E-state index is 11.9. The van der Waals surface area contributed by atoms with Gasteiger partial charge >= 0.3 is 0 Å². The maximum atomic E-state index is 11.9. The molecule has 6 nitrogen and oxygen atoms in total. The van der Waals surface area contributed by atoms with Crippen molar-refractivity contribution in [3.8, 4) is 5.75 Å². The molecule has 2 heterocycles. The topological polar surface area (TPSA) is 68.5 Å². The van der Waals surface area contributed by atoms with Gasteiger partial charge in [-0.25, -0.2) is 0 Å². The molecular weight excluding hydrogens is 339 g/mol. The summed E-state index contributed by atoms with van der Waals surface area (Å²) in [7, 11) is 0. The molecule has 8 heteroatoms. The fraction of sp³-hybridized carbons (Fsp3) is 0.133. The van der Waals surface area contributed by atoms with E-state index >= 15 is 0 Å². The van der Waals surface area contributed by atoms with Crippen LogP contribution >= 0.6 is 23.2 Å². The third-order valence-corrected chi connectivity index (χ3v) is 3.63. The molecule has 0 aliphatic carbocycles. The number of fused-ring (bicyclic) bond motifs is 1. The molecule has 0 aliphatic heterocycles. The van der Waals surface area contributed by atoms with Gasteiger partial charge in [-0.05, 0) is 24.3 Å². The number of nitrogens with one attached hydrogen (secondary N) is 1. The van der Waals surface area contributed by atoms with Crippen molar-refractivity contribution in [2.45, 2.75) is 6.54 Å². The largest absolute Gasteiger partial charge is 0.482 e. The van der Waals surface area contributed by atoms with Crippen LogP contribution in [-0.2, 0) is 11.3 Å². The van der Waals surface area contributed by atoms with Crippen LogP contribution in [0.2, 0.25) is 10.0 Å². The number of hydrogen-bond donors (Lipinski definition) is 1. The Balaban J connectivity index is 1.56. The van der Waals surface area contributed by atoms with Crippen molar-refractivity contribution in [2.24, 2.45) is 0 Å². The maximum Gasteiger partial charge on any atom is 0.258 e. The van der Waals surface area contributed by atoms with Gasteiger partial charge in [-0.2, -0.15) is 0 Å². The number of carbonyl (C=O) groups is 1. The summed E-state index contributed by atoms with van der Waals surface area (Å²) in [4.78, 5) is 11.9. The Hall–Kier alpha value is -2.31. The monoisotopic (exact) mass is 350 g/mol. The normalized spacial score (nSPS) is 10.7. The van der Waals surface area contributed by atoms with E-state index in [9.17, 15) is 4.79 Å². The van der Waals surface area contributed by atoms with Gasteiger partial charge in [0.2, 0.25) is 0 Å². The van der Waals surface area contributed by atoms with Crippen LogP contribution in [0.25, 0.3) is 5.65 Å². The quantitative estimate of drug-likeness (QED) is 0.768. The molecule has 118 valence electrons. The van der Waals surface area contributed by atoms with Crippen molar-refractivity contribution >= 4 is 34.8 Å². The fourth-order valence-electron chi connectivity index (χ4n) is 1.97. The third-order valence-electron chi connectivity index (χ3n) is 3.08. The molecule has 1 aromatic carbocycles. The minimum Gasteiger partial charge on any atom is -0.482 e. The molecule has 0 bridgehead atoms. The van der Waals surface area contributed by atoms with Crippen molar-refractivity contribution in [1.29, 1.82) is 0 Å². The van der Waals surface area contributed by atoms with Gasteiger partial charge in [0, 0.05) is 17.3 Å². The number of halogens is 2. The average Bonchev–Trinajstić information content (AvgIpc) is 2.97. The van der Waals surface area contributed by atoms with Crippen molar-refractivity contribution in [2.75, 3.05) is 6.61 Å². The van der Waals surface area contributed by atoms with Crippen LogP contribution in [0.3, 0.4) is 0 Å². The second kappa shape index (κ2) is 6.85. The van der Waals surface area contributed by atoms with Crippen LogP contribution in [-0.4, -0.2) is 27.1 Å². The summed E-state index contributed by atoms with van der Waals surface area (Å²) in [5.41, 5.74) is 0.721. The van der Waals surface area contributed by atoms with Crippen molar-refractivity contribution in [3.63, 3.8) is 0 Å². The Morgan fingerprint density at radius 3 is 2.96 bits per heavy atom. The molecule has 23 heavy (non-hydrogen) atoms. The number of aromatic nitrogens is 3. The molecule has 3 aromatic rings. The first-order valence-electron chi connectivity index (χ1n) is 6.76. The van der Waals surface area contributed by atoms with Gasteiger partial charge < -0.3 is 10.1 Å². The zero-order valence-electron chi connectivity index (χ0n) is 11.9. The molecule has 0 spiro atoms. The highest BCUT2D eigenvalue weighted by atomic mass is 35.5. The van der Waals surface area contributed by atoms with E-state index in [1.807, 2.05) is 24.4 Å². The molecule has 0 atom stereocenters. The van der Waals surface area contributed by atoms with E-state index < -0.39 is 0 Å². The minimum atomic E-state index is -0.297. The Kier molecular flexibility index (Phi) is 4.64. The number of carbonyl (C=O) groups excluding carboxylic acids is 1. The Labute approximate surface area is 142 Å². The number of ether oxygens (including phenoxy) is 1. The van der Waals surface area contributed by atoms with Gasteiger partial charge in [-0.1, -0.05) is 29.3 Å². The number of pyridine rings is 1. The summed E-state index contributed by atoms with van der Waals surface area (Å²) >= 11 is 11.8. The van der Waals surface area contributed by atoms with E-state index in [1.165, 1.54) is 0 Å². The predicted octanol–water partition coefficient (Wildman–Crippen LogP) is 2.73. The van der Waals surface area contributed by atoms with Crippen molar-refractivity contribution < 1.29 is 9.53 Å². The van der Waals surface area contributed by atoms with Crippen LogP contribution in [0.15, 0.2) is 42.6 Å². The Morgan fingerprint density at radius 1 is 1.22 bits per heavy atom. The van der Waals surface area contributed by atoms with Crippen LogP contribution in [0.1, 0.15) is 5.82 Å². The zero-order valence-corrected chi connectivity index (χ0v) is 13.4. The first-order chi connectivity index (χ1) is 11.1. The first-order valence-corrected chi connectivity index (χ1v) is 7.52. The van der Waals surface area contributed by atoms with Gasteiger partial charge in [0.05, 0.1) is 11.6 Å². The van der Waals surface area contributed by atoms with Gasteiger partial charge in [0.1, 0.15) is 5.75 Å². The van der Waals surface area contributed by atoms with Gasteiger partial charge in [0.15, 0.2) is 18.1 Å². The lowest BCUT2D eigenvalue weighted by atomic mass is 10.3. The number of rotatable bonds is 5. The molecule has 0 aliphatic rings. The summed E-state index contributed by atoms with van der Waals surface area (Å²) in [6.45, 7) is 0.0768.